The fourth-order valence-electron chi connectivity index (χ4n) is 11.4. The van der Waals surface area contributed by atoms with Gasteiger partial charge in [-0.05, 0) is 195 Å². The smallest absolute Gasteiger partial charge is 0.410 e. The number of ether oxygens (including phenoxy) is 3. The zero-order chi connectivity index (χ0) is 89.6. The Morgan fingerprint density at radius 3 is 1.32 bits per heavy atom. The topological polar surface area (TPSA) is 267 Å². The number of aryl methyl sites for hydroxylation is 1. The first kappa shape index (κ1) is 104. The summed E-state index contributed by atoms with van der Waals surface area (Å²) in [6, 6.07) is 25.6. The van der Waals surface area contributed by atoms with E-state index in [4.69, 9.17) is 33.0 Å². The Morgan fingerprint density at radius 1 is 0.513 bits per heavy atom. The Labute approximate surface area is 719 Å². The van der Waals surface area contributed by atoms with Gasteiger partial charge in [0.2, 0.25) is 5.78 Å². The normalized spacial score (nSPS) is 15.9. The van der Waals surface area contributed by atoms with Crippen molar-refractivity contribution in [2.24, 2.45) is 5.16 Å². The Balaban J connectivity index is 0.000000313. The van der Waals surface area contributed by atoms with Crippen LogP contribution in [0.4, 0.5) is 67.1 Å². The highest BCUT2D eigenvalue weighted by molar-refractivity contribution is 9.11. The molecule has 3 atom stereocenters. The molecule has 3 fully saturated rings. The minimum atomic E-state index is -4.39. The molecule has 2 aromatic heterocycles. The Morgan fingerprint density at radius 2 is 0.899 bits per heavy atom. The second-order valence-electron chi connectivity index (χ2n) is 29.8. The number of alkyl halides is 12. The summed E-state index contributed by atoms with van der Waals surface area (Å²) < 4.78 is 184. The van der Waals surface area contributed by atoms with E-state index in [1.165, 1.54) is 21.9 Å². The lowest BCUT2D eigenvalue weighted by molar-refractivity contribution is -0.135. The minimum Gasteiger partial charge on any atom is -0.444 e. The van der Waals surface area contributed by atoms with Crippen molar-refractivity contribution in [3.8, 4) is 22.5 Å². The first-order valence-corrected chi connectivity index (χ1v) is 42.2. The van der Waals surface area contributed by atoms with Crippen molar-refractivity contribution in [1.29, 1.82) is 0 Å². The van der Waals surface area contributed by atoms with Gasteiger partial charge in [-0.15, -0.1) is 0 Å². The van der Waals surface area contributed by atoms with E-state index in [1.54, 1.807) is 119 Å². The lowest BCUT2D eigenvalue weighted by atomic mass is 10.0. The van der Waals surface area contributed by atoms with Crippen LogP contribution in [-0.4, -0.2) is 174 Å². The van der Waals surface area contributed by atoms with Gasteiger partial charge in [0.25, 0.3) is 0 Å². The van der Waals surface area contributed by atoms with E-state index >= 15 is 0 Å². The van der Waals surface area contributed by atoms with Crippen LogP contribution in [-0.2, 0) is 45.4 Å². The van der Waals surface area contributed by atoms with Crippen LogP contribution in [0.5, 0.6) is 0 Å². The lowest BCUT2D eigenvalue weighted by Crippen LogP contribution is -2.40. The van der Waals surface area contributed by atoms with E-state index in [0.717, 1.165) is 53.7 Å². The van der Waals surface area contributed by atoms with Gasteiger partial charge in [-0.3, -0.25) is 24.3 Å². The Hall–Kier alpha value is -7.22. The molecule has 119 heavy (non-hydrogen) atoms. The molecule has 3 amide bonds. The molecule has 0 spiro atoms. The molecule has 3 aliphatic rings. The number of ketones is 2. The molecule has 6 aromatic rings. The largest absolute Gasteiger partial charge is 0.444 e. The number of aldehydes is 1. The average molecular weight is 1980 g/mol. The summed E-state index contributed by atoms with van der Waals surface area (Å²) in [7, 11) is -1.06. The molecule has 0 aliphatic carbocycles. The van der Waals surface area contributed by atoms with Crippen LogP contribution in [0.25, 0.3) is 22.5 Å². The Bertz CT molecular complexity index is 4180. The third kappa shape index (κ3) is 38.8. The van der Waals surface area contributed by atoms with E-state index in [2.05, 4.69) is 83.8 Å². The van der Waals surface area contributed by atoms with Crippen molar-refractivity contribution in [2.75, 3.05) is 39.5 Å². The van der Waals surface area contributed by atoms with Crippen LogP contribution in [0.3, 0.4) is 0 Å². The molecule has 39 heteroatoms. The number of halogens is 16. The van der Waals surface area contributed by atoms with Crippen molar-refractivity contribution in [3.63, 3.8) is 0 Å². The van der Waals surface area contributed by atoms with Crippen molar-refractivity contribution >= 4 is 114 Å². The number of oxime groups is 1. The third-order valence-corrected chi connectivity index (χ3v) is 20.2. The molecule has 0 bridgehead atoms. The maximum Gasteiger partial charge on any atom is 0.410 e. The highest BCUT2D eigenvalue weighted by Gasteiger charge is 2.41. The number of rotatable bonds is 23. The number of Topliss-reactive ketones (excluding diaryl/α,β-unsaturated/α-hetero) is 2. The van der Waals surface area contributed by atoms with Crippen LogP contribution in [0.1, 0.15) is 222 Å². The highest BCUT2D eigenvalue weighted by atomic mass is 79.9. The van der Waals surface area contributed by atoms with Crippen LogP contribution in [0, 0.1) is 0 Å². The number of aromatic amines is 1. The molecule has 4 aromatic carbocycles. The zero-order valence-electron chi connectivity index (χ0n) is 67.8. The number of carbonyl (C=O) groups excluding carboxylic acids is 6. The number of likely N-dealkylation sites (tertiary alicyclic amines) is 3. The summed E-state index contributed by atoms with van der Waals surface area (Å²) in [5.41, 5.74) is 0.832. The van der Waals surface area contributed by atoms with Gasteiger partial charge < -0.3 is 48.0 Å². The van der Waals surface area contributed by atoms with Crippen molar-refractivity contribution < 1.29 is 120 Å². The molecule has 9 rings (SSSR count). The number of hydrogen-bond acceptors (Lipinski definition) is 17. The van der Waals surface area contributed by atoms with Gasteiger partial charge in [-0.1, -0.05) is 105 Å². The van der Waals surface area contributed by atoms with E-state index in [-0.39, 0.29) is 66.0 Å². The van der Waals surface area contributed by atoms with Gasteiger partial charge in [-0.25, -0.2) is 24.4 Å². The molecule has 5 heterocycles. The lowest BCUT2D eigenvalue weighted by Gasteiger charge is -2.28. The summed E-state index contributed by atoms with van der Waals surface area (Å²) in [4.78, 5) is 87.4. The summed E-state index contributed by atoms with van der Waals surface area (Å²) in [6.07, 6.45) is -19.2. The molecule has 22 nitrogen and oxygen atoms in total. The van der Waals surface area contributed by atoms with Crippen molar-refractivity contribution in [1.82, 2.24) is 34.4 Å². The second kappa shape index (κ2) is 48.0. The molecule has 0 unspecified atom stereocenters. The van der Waals surface area contributed by atoms with Gasteiger partial charge in [0.1, 0.15) is 34.6 Å². The number of benzene rings is 4. The molecular formula is C80H101Br4F12N8O14P. The number of nitrogens with one attached hydrogen (secondary N) is 1. The van der Waals surface area contributed by atoms with Crippen molar-refractivity contribution in [3.05, 3.63) is 149 Å². The van der Waals surface area contributed by atoms with Crippen LogP contribution in [0.2, 0.25) is 0 Å². The number of imidazole rings is 2. The maximum atomic E-state index is 12.9. The predicted octanol–water partition coefficient (Wildman–Crippen LogP) is 24.6. The van der Waals surface area contributed by atoms with E-state index in [0.29, 0.717) is 87.1 Å². The first-order valence-electron chi connectivity index (χ1n) is 37.9. The number of amides is 3. The van der Waals surface area contributed by atoms with E-state index in [9.17, 15) is 86.7 Å². The first-order chi connectivity index (χ1) is 55.3. The van der Waals surface area contributed by atoms with E-state index < -0.39 is 118 Å². The number of nitrogens with zero attached hydrogens (tertiary/aromatic N) is 7. The molecule has 0 saturated carbocycles. The third-order valence-electron chi connectivity index (χ3n) is 16.6. The molecular weight excluding hydrogens is 1880 g/mol. The van der Waals surface area contributed by atoms with Gasteiger partial charge in [0, 0.05) is 110 Å². The fourth-order valence-corrected chi connectivity index (χ4v) is 13.3. The molecule has 3 N–H and O–H groups in total. The standard InChI is InChI=1S/C21H25BrF3N3O3.C21H25BrF3N3O2.C11H9BrF3NO2.C11H10BrF3O.C10H17NO3.C6H15O3P/c1-20(2,3)31-19(29)27-12-4-5-16(27)18-26-17(13-6-8-14(22)9-7-13)15(28(18)30)10-11-21(23,24)25;1-20(2,3)30-19(29)28-12-4-5-16(28)18-26-15(10-11-21(23,24)25)17(27-18)13-6-8-14(22)9-7-13;12-8-3-1-7(2-4-8)10(17)9(16-18)5-6-11(13,14)15;12-9-5-3-8(4-6-9)10(16)2-1-7-11(13,14)15;1-10(2,3)14-9(13)11-6-4-5-8(11)7-12;1-4-7-10(8-5-2)9-6-3/h6-9,16,30H,4-5,10-12H2,1-3H3;6-9,16H,4-5,10-12H2,1-3H3,(H,26,27);1-4,18H,5-6H2;3-6H,1-2,7H2;7-8H,4-6H2,1-3H3;4-6H2,1-3H3/b;;16-9+;;;/t2*16-;;;8-;/m00..0./s1. The van der Waals surface area contributed by atoms with Crippen molar-refractivity contribution in [2.45, 2.75) is 239 Å². The molecule has 662 valence electrons. The number of hydrogen-bond donors (Lipinski definition) is 3. The number of aromatic nitrogens is 4. The quantitative estimate of drug-likeness (QED) is 0.00619. The maximum absolute atomic E-state index is 12.9. The molecule has 3 saturated heterocycles. The van der Waals surface area contributed by atoms with E-state index in [1.807, 2.05) is 53.7 Å². The van der Waals surface area contributed by atoms with Crippen LogP contribution >= 0.6 is 72.3 Å². The fraction of sp³-hybridized carbons (Fsp3) is 0.537. The van der Waals surface area contributed by atoms with Crippen LogP contribution in [0.15, 0.2) is 120 Å². The average Bonchev–Trinajstić information content (AvgIpc) is 1.63. The summed E-state index contributed by atoms with van der Waals surface area (Å²) in [5, 5.41) is 22.1. The molecule has 3 aliphatic heterocycles. The van der Waals surface area contributed by atoms with Gasteiger partial charge >= 0.3 is 51.6 Å². The van der Waals surface area contributed by atoms with Gasteiger partial charge in [0.05, 0.1) is 55.0 Å². The second-order valence-corrected chi connectivity index (χ2v) is 34.7. The summed E-state index contributed by atoms with van der Waals surface area (Å²) in [6.45, 7) is 25.4. The van der Waals surface area contributed by atoms with Gasteiger partial charge in [-0.2, -0.15) is 57.4 Å². The number of carbonyl (C=O) groups is 6. The summed E-state index contributed by atoms with van der Waals surface area (Å²) in [5.74, 6) is -0.335. The monoisotopic (exact) mass is 1970 g/mol. The summed E-state index contributed by atoms with van der Waals surface area (Å²) >= 11 is 13.1. The number of H-pyrrole nitrogens is 1. The SMILES string of the molecule is CC(C)(C)OC(=O)N1CCC[C@H]1C=O.CC(C)(C)OC(=O)N1CCC[C@H]1c1nc(-c2ccc(Br)cc2)c(CCC(F)(F)F)[nH]1.CC(C)(C)OC(=O)N1CCC[C@H]1c1nc(-c2ccc(Br)cc2)c(CCC(F)(F)F)n1O.CCOP(OCC)OCC.O=C(/C(CCC(F)(F)F)=N/O)c1ccc(Br)cc1.O=C(CCCC(F)(F)F)c1ccc(Br)cc1. The predicted molar refractivity (Wildman–Crippen MR) is 438 cm³/mol. The van der Waals surface area contributed by atoms with Crippen LogP contribution < -0.4 is 0 Å². The highest BCUT2D eigenvalue weighted by Crippen LogP contribution is 2.41. The van der Waals surface area contributed by atoms with Gasteiger partial charge in [0.15, 0.2) is 11.6 Å². The minimum absolute atomic E-state index is 0.0608. The molecule has 0 radical (unpaired) electrons. The Kier molecular flexibility index (Phi) is 42.0. The zero-order valence-corrected chi connectivity index (χ0v) is 75.1.